The van der Waals surface area contributed by atoms with E-state index in [1.807, 2.05) is 19.1 Å². The van der Waals surface area contributed by atoms with Crippen LogP contribution >= 0.6 is 0 Å². The minimum Gasteiger partial charge on any atom is -0.481 e. The molecule has 112 valence electrons. The normalized spacial score (nSPS) is 18.0. The smallest absolute Gasteiger partial charge is 0.322 e. The van der Waals surface area contributed by atoms with Crippen LogP contribution in [0.1, 0.15) is 12.0 Å². The summed E-state index contributed by atoms with van der Waals surface area (Å²) >= 11 is 0. The van der Waals surface area contributed by atoms with Crippen LogP contribution in [0.5, 0.6) is 0 Å². The molecule has 0 aromatic heterocycles. The molecule has 1 aliphatic rings. The zero-order valence-electron chi connectivity index (χ0n) is 11.6. The van der Waals surface area contributed by atoms with E-state index in [2.05, 4.69) is 10.6 Å². The van der Waals surface area contributed by atoms with Crippen LogP contribution in [0.3, 0.4) is 0 Å². The molecule has 1 aromatic carbocycles. The zero-order valence-corrected chi connectivity index (χ0v) is 11.6. The highest BCUT2D eigenvalue weighted by atomic mass is 16.4. The van der Waals surface area contributed by atoms with Gasteiger partial charge in [-0.1, -0.05) is 12.1 Å². The first-order valence-electron chi connectivity index (χ1n) is 6.61. The monoisotopic (exact) mass is 291 g/mol. The Morgan fingerprint density at radius 1 is 1.48 bits per heavy atom. The van der Waals surface area contributed by atoms with Crippen LogP contribution in [-0.4, -0.2) is 47.0 Å². The Balaban J connectivity index is 2.11. The summed E-state index contributed by atoms with van der Waals surface area (Å²) in [6, 6.07) is 5.79. The van der Waals surface area contributed by atoms with Crippen LogP contribution in [0, 0.1) is 6.92 Å². The van der Waals surface area contributed by atoms with Gasteiger partial charge in [0.1, 0.15) is 6.04 Å². The van der Waals surface area contributed by atoms with E-state index in [-0.39, 0.29) is 6.54 Å². The van der Waals surface area contributed by atoms with E-state index in [1.54, 1.807) is 12.1 Å². The first-order valence-corrected chi connectivity index (χ1v) is 6.61. The molecule has 3 N–H and O–H groups in total. The average Bonchev–Trinajstić information content (AvgIpc) is 2.40. The van der Waals surface area contributed by atoms with E-state index >= 15 is 0 Å². The lowest BCUT2D eigenvalue weighted by Gasteiger charge is -2.34. The van der Waals surface area contributed by atoms with Gasteiger partial charge in [0.25, 0.3) is 0 Å². The molecule has 2 rings (SSSR count). The second-order valence-electron chi connectivity index (χ2n) is 4.90. The lowest BCUT2D eigenvalue weighted by Crippen LogP contribution is -2.58. The number of carbonyl (C=O) groups excluding carboxylic acids is 2. The number of aliphatic carboxylic acids is 1. The summed E-state index contributed by atoms with van der Waals surface area (Å²) in [5, 5.41) is 14.1. The fourth-order valence-electron chi connectivity index (χ4n) is 2.24. The number of urea groups is 1. The number of carboxylic acid groups (broad SMARTS) is 1. The number of rotatable bonds is 3. The van der Waals surface area contributed by atoms with Gasteiger partial charge in [-0.15, -0.1) is 0 Å². The Kier molecular flexibility index (Phi) is 4.42. The molecular weight excluding hydrogens is 274 g/mol. The maximum atomic E-state index is 12.3. The van der Waals surface area contributed by atoms with E-state index in [0.717, 1.165) is 5.56 Å². The van der Waals surface area contributed by atoms with Crippen molar-refractivity contribution in [2.24, 2.45) is 0 Å². The summed E-state index contributed by atoms with van der Waals surface area (Å²) < 4.78 is 0. The van der Waals surface area contributed by atoms with Gasteiger partial charge in [-0.2, -0.15) is 0 Å². The average molecular weight is 291 g/mol. The molecule has 7 nitrogen and oxygen atoms in total. The molecular formula is C14H17N3O4. The molecule has 1 aliphatic heterocycles. The molecule has 1 unspecified atom stereocenters. The van der Waals surface area contributed by atoms with E-state index in [4.69, 9.17) is 5.11 Å². The molecule has 1 heterocycles. The number of carboxylic acids is 1. The molecule has 1 aromatic rings. The van der Waals surface area contributed by atoms with Crippen LogP contribution < -0.4 is 10.6 Å². The number of carbonyl (C=O) groups is 3. The Hall–Kier alpha value is -2.57. The van der Waals surface area contributed by atoms with E-state index in [1.165, 1.54) is 4.90 Å². The first-order chi connectivity index (χ1) is 9.97. The highest BCUT2D eigenvalue weighted by Crippen LogP contribution is 2.14. The molecule has 0 bridgehead atoms. The van der Waals surface area contributed by atoms with Crippen molar-refractivity contribution in [2.75, 3.05) is 18.4 Å². The van der Waals surface area contributed by atoms with Crippen LogP contribution in [0.2, 0.25) is 0 Å². The summed E-state index contributed by atoms with van der Waals surface area (Å²) in [7, 11) is 0. The van der Waals surface area contributed by atoms with Crippen molar-refractivity contribution in [2.45, 2.75) is 19.4 Å². The number of hydrogen-bond donors (Lipinski definition) is 3. The minimum atomic E-state index is -1.12. The number of anilines is 1. The second kappa shape index (κ2) is 6.25. The molecule has 1 saturated heterocycles. The predicted molar refractivity (Wildman–Crippen MR) is 76.0 cm³/mol. The highest BCUT2D eigenvalue weighted by Gasteiger charge is 2.34. The van der Waals surface area contributed by atoms with Gasteiger partial charge in [0.2, 0.25) is 5.91 Å². The summed E-state index contributed by atoms with van der Waals surface area (Å²) in [6.07, 6.45) is -0.410. The lowest BCUT2D eigenvalue weighted by atomic mass is 10.1. The van der Waals surface area contributed by atoms with Gasteiger partial charge in [0.05, 0.1) is 6.42 Å². The third kappa shape index (κ3) is 3.71. The van der Waals surface area contributed by atoms with Crippen molar-refractivity contribution >= 4 is 23.6 Å². The van der Waals surface area contributed by atoms with Crippen LogP contribution in [0.15, 0.2) is 24.3 Å². The Morgan fingerprint density at radius 3 is 2.90 bits per heavy atom. The van der Waals surface area contributed by atoms with E-state index in [0.29, 0.717) is 12.2 Å². The molecule has 1 atom stereocenters. The minimum absolute atomic E-state index is 0.279. The molecule has 1 fully saturated rings. The fourth-order valence-corrected chi connectivity index (χ4v) is 2.24. The summed E-state index contributed by atoms with van der Waals surface area (Å²) in [4.78, 5) is 36.1. The van der Waals surface area contributed by atoms with Gasteiger partial charge in [-0.05, 0) is 24.6 Å². The maximum Gasteiger partial charge on any atom is 0.322 e. The first kappa shape index (κ1) is 14.8. The van der Waals surface area contributed by atoms with E-state index < -0.39 is 30.4 Å². The third-order valence-corrected chi connectivity index (χ3v) is 3.23. The fraction of sp³-hybridized carbons (Fsp3) is 0.357. The molecule has 0 aliphatic carbocycles. The molecule has 21 heavy (non-hydrogen) atoms. The maximum absolute atomic E-state index is 12.3. The van der Waals surface area contributed by atoms with Crippen molar-refractivity contribution in [3.63, 3.8) is 0 Å². The number of nitrogens with zero attached hydrogens (tertiary/aromatic N) is 1. The SMILES string of the molecule is Cc1cccc(NC(=O)N2CCNC(=O)C2CC(=O)O)c1. The van der Waals surface area contributed by atoms with Gasteiger partial charge in [0.15, 0.2) is 0 Å². The topological polar surface area (TPSA) is 98.7 Å². The summed E-state index contributed by atoms with van der Waals surface area (Å²) in [5.41, 5.74) is 1.60. The third-order valence-electron chi connectivity index (χ3n) is 3.23. The number of piperazine rings is 1. The van der Waals surface area contributed by atoms with Crippen LogP contribution in [0.4, 0.5) is 10.5 Å². The number of aryl methyl sites for hydroxylation is 1. The standard InChI is InChI=1S/C14H17N3O4/c1-9-3-2-4-10(7-9)16-14(21)17-6-5-15-13(20)11(17)8-12(18)19/h2-4,7,11H,5-6,8H2,1H3,(H,15,20)(H,16,21)(H,18,19). The molecule has 0 saturated carbocycles. The highest BCUT2D eigenvalue weighted by molar-refractivity contribution is 5.96. The quantitative estimate of drug-likeness (QED) is 0.767. The number of hydrogen-bond acceptors (Lipinski definition) is 3. The van der Waals surface area contributed by atoms with Gasteiger partial charge in [0, 0.05) is 18.8 Å². The van der Waals surface area contributed by atoms with E-state index in [9.17, 15) is 14.4 Å². The second-order valence-corrected chi connectivity index (χ2v) is 4.90. The van der Waals surface area contributed by atoms with Crippen molar-refractivity contribution in [3.05, 3.63) is 29.8 Å². The number of benzene rings is 1. The van der Waals surface area contributed by atoms with Crippen molar-refractivity contribution in [1.29, 1.82) is 0 Å². The van der Waals surface area contributed by atoms with Crippen LogP contribution in [0.25, 0.3) is 0 Å². The molecule has 3 amide bonds. The van der Waals surface area contributed by atoms with Gasteiger partial charge in [-0.25, -0.2) is 4.79 Å². The Bertz CT molecular complexity index is 573. The Labute approximate surface area is 121 Å². The zero-order chi connectivity index (χ0) is 15.4. The number of nitrogens with one attached hydrogen (secondary N) is 2. The van der Waals surface area contributed by atoms with Crippen molar-refractivity contribution < 1.29 is 19.5 Å². The van der Waals surface area contributed by atoms with Crippen molar-refractivity contribution in [3.8, 4) is 0 Å². The van der Waals surface area contributed by atoms with Crippen LogP contribution in [-0.2, 0) is 9.59 Å². The molecule has 7 heteroatoms. The lowest BCUT2D eigenvalue weighted by molar-refractivity contribution is -0.142. The van der Waals surface area contributed by atoms with Gasteiger partial charge < -0.3 is 20.6 Å². The van der Waals surface area contributed by atoms with Crippen molar-refractivity contribution in [1.82, 2.24) is 10.2 Å². The molecule has 0 spiro atoms. The van der Waals surface area contributed by atoms with Gasteiger partial charge >= 0.3 is 12.0 Å². The predicted octanol–water partition coefficient (Wildman–Crippen LogP) is 0.802. The largest absolute Gasteiger partial charge is 0.481 e. The molecule has 0 radical (unpaired) electrons. The Morgan fingerprint density at radius 2 is 2.24 bits per heavy atom. The number of amides is 3. The summed E-state index contributed by atoms with van der Waals surface area (Å²) in [6.45, 7) is 2.49. The summed E-state index contributed by atoms with van der Waals surface area (Å²) in [5.74, 6) is -1.56. The van der Waals surface area contributed by atoms with Gasteiger partial charge in [-0.3, -0.25) is 9.59 Å².